The number of oxazole rings is 1. The summed E-state index contributed by atoms with van der Waals surface area (Å²) in [5, 5.41) is 0. The van der Waals surface area contributed by atoms with Crippen LogP contribution in [0.15, 0.2) is 29.0 Å². The first-order chi connectivity index (χ1) is 6.68. The highest BCUT2D eigenvalue weighted by Gasteiger charge is 2.13. The number of hydrogen-bond donors (Lipinski definition) is 2. The Balaban J connectivity index is 2.48. The van der Waals surface area contributed by atoms with Crippen LogP contribution in [0.25, 0.3) is 11.1 Å². The number of fused-ring (bicyclic) bond motifs is 1. The molecule has 2 aromatic rings. The summed E-state index contributed by atoms with van der Waals surface area (Å²) in [6, 6.07) is 4.30. The van der Waals surface area contributed by atoms with E-state index in [-0.39, 0.29) is 0 Å². The van der Waals surface area contributed by atoms with Crippen molar-refractivity contribution in [2.75, 3.05) is 0 Å². The van der Waals surface area contributed by atoms with Crippen LogP contribution in [0.4, 0.5) is 0 Å². The molecule has 0 aliphatic rings. The van der Waals surface area contributed by atoms with Crippen LogP contribution >= 0.6 is 0 Å². The van der Waals surface area contributed by atoms with Gasteiger partial charge >= 0.3 is 0 Å². The standard InChI is InChI=1S/C9H9N3O2/c10-8(9(11)13)5-1-2-6-7(3-5)14-4-12-6/h1-4,8H,10H2,(H2,11,13). The van der Waals surface area contributed by atoms with Crippen LogP contribution in [0.1, 0.15) is 11.6 Å². The van der Waals surface area contributed by atoms with Crippen molar-refractivity contribution in [1.29, 1.82) is 0 Å². The molecule has 0 saturated carbocycles. The van der Waals surface area contributed by atoms with E-state index in [0.29, 0.717) is 11.1 Å². The molecule has 1 unspecified atom stereocenters. The van der Waals surface area contributed by atoms with Crippen molar-refractivity contribution in [1.82, 2.24) is 4.98 Å². The van der Waals surface area contributed by atoms with Crippen LogP contribution in [-0.4, -0.2) is 10.9 Å². The van der Waals surface area contributed by atoms with Crippen molar-refractivity contribution < 1.29 is 9.21 Å². The third kappa shape index (κ3) is 1.33. The van der Waals surface area contributed by atoms with Gasteiger partial charge in [-0.2, -0.15) is 0 Å². The highest BCUT2D eigenvalue weighted by molar-refractivity contribution is 5.83. The smallest absolute Gasteiger partial charge is 0.238 e. The third-order valence-electron chi connectivity index (χ3n) is 2.02. The highest BCUT2D eigenvalue weighted by Crippen LogP contribution is 2.17. The Labute approximate surface area is 79.7 Å². The van der Waals surface area contributed by atoms with Gasteiger partial charge in [-0.05, 0) is 17.7 Å². The summed E-state index contributed by atoms with van der Waals surface area (Å²) < 4.78 is 5.07. The topological polar surface area (TPSA) is 95.1 Å². The van der Waals surface area contributed by atoms with Gasteiger partial charge in [0.05, 0.1) is 0 Å². The van der Waals surface area contributed by atoms with Crippen molar-refractivity contribution in [3.8, 4) is 0 Å². The number of amides is 1. The normalized spacial score (nSPS) is 12.9. The second-order valence-electron chi connectivity index (χ2n) is 2.96. The van der Waals surface area contributed by atoms with Gasteiger partial charge in [-0.3, -0.25) is 4.79 Å². The molecule has 2 rings (SSSR count). The number of nitrogens with two attached hydrogens (primary N) is 2. The third-order valence-corrected chi connectivity index (χ3v) is 2.02. The number of hydrogen-bond acceptors (Lipinski definition) is 4. The molecule has 72 valence electrons. The molecule has 0 spiro atoms. The average molecular weight is 191 g/mol. The van der Waals surface area contributed by atoms with E-state index >= 15 is 0 Å². The van der Waals surface area contributed by atoms with Gasteiger partial charge < -0.3 is 15.9 Å². The molecule has 1 atom stereocenters. The van der Waals surface area contributed by atoms with E-state index in [1.165, 1.54) is 6.39 Å². The number of carbonyl (C=O) groups excluding carboxylic acids is 1. The lowest BCUT2D eigenvalue weighted by Crippen LogP contribution is -2.28. The molecule has 5 heteroatoms. The Morgan fingerprint density at radius 3 is 3.00 bits per heavy atom. The first-order valence-corrected chi connectivity index (χ1v) is 4.06. The summed E-state index contributed by atoms with van der Waals surface area (Å²) in [6.07, 6.45) is 1.34. The van der Waals surface area contributed by atoms with Gasteiger partial charge in [-0.15, -0.1) is 0 Å². The average Bonchev–Trinajstić information content (AvgIpc) is 2.62. The van der Waals surface area contributed by atoms with E-state index in [1.54, 1.807) is 18.2 Å². The van der Waals surface area contributed by atoms with Crippen LogP contribution in [0.5, 0.6) is 0 Å². The molecule has 4 N–H and O–H groups in total. The molecule has 1 amide bonds. The summed E-state index contributed by atoms with van der Waals surface area (Å²) in [5.74, 6) is -0.566. The predicted octanol–water partition coefficient (Wildman–Crippen LogP) is 0.313. The maximum absolute atomic E-state index is 10.8. The largest absolute Gasteiger partial charge is 0.443 e. The number of carbonyl (C=O) groups is 1. The van der Waals surface area contributed by atoms with Gasteiger partial charge in [-0.25, -0.2) is 4.98 Å². The first-order valence-electron chi connectivity index (χ1n) is 4.06. The zero-order valence-electron chi connectivity index (χ0n) is 7.31. The van der Waals surface area contributed by atoms with Crippen molar-refractivity contribution in [2.45, 2.75) is 6.04 Å². The number of benzene rings is 1. The van der Waals surface area contributed by atoms with Gasteiger partial charge in [0.1, 0.15) is 11.6 Å². The molecule has 0 bridgehead atoms. The molecule has 5 nitrogen and oxygen atoms in total. The summed E-state index contributed by atoms with van der Waals surface area (Å²) in [4.78, 5) is 14.8. The summed E-state index contributed by atoms with van der Waals surface area (Å²) in [5.41, 5.74) is 12.6. The van der Waals surface area contributed by atoms with Crippen molar-refractivity contribution in [3.63, 3.8) is 0 Å². The van der Waals surface area contributed by atoms with E-state index in [9.17, 15) is 4.79 Å². The molecule has 0 radical (unpaired) electrons. The van der Waals surface area contributed by atoms with Crippen molar-refractivity contribution >= 4 is 17.0 Å². The molecule has 0 fully saturated rings. The van der Waals surface area contributed by atoms with Crippen LogP contribution < -0.4 is 11.5 Å². The molecular formula is C9H9N3O2. The zero-order valence-corrected chi connectivity index (χ0v) is 7.31. The quantitative estimate of drug-likeness (QED) is 0.714. The van der Waals surface area contributed by atoms with Gasteiger partial charge in [0, 0.05) is 0 Å². The summed E-state index contributed by atoms with van der Waals surface area (Å²) in [7, 11) is 0. The molecule has 0 aliphatic carbocycles. The number of primary amides is 1. The van der Waals surface area contributed by atoms with Gasteiger partial charge in [0.25, 0.3) is 0 Å². The van der Waals surface area contributed by atoms with Crippen LogP contribution in [0, 0.1) is 0 Å². The van der Waals surface area contributed by atoms with E-state index in [0.717, 1.165) is 5.52 Å². The fourth-order valence-corrected chi connectivity index (χ4v) is 1.23. The Morgan fingerprint density at radius 2 is 2.29 bits per heavy atom. The number of rotatable bonds is 2. The minimum Gasteiger partial charge on any atom is -0.443 e. The zero-order chi connectivity index (χ0) is 10.1. The summed E-state index contributed by atoms with van der Waals surface area (Å²) >= 11 is 0. The fourth-order valence-electron chi connectivity index (χ4n) is 1.23. The predicted molar refractivity (Wildman–Crippen MR) is 50.1 cm³/mol. The maximum Gasteiger partial charge on any atom is 0.238 e. The fraction of sp³-hybridized carbons (Fsp3) is 0.111. The van der Waals surface area contributed by atoms with Crippen molar-refractivity contribution in [3.05, 3.63) is 30.2 Å². The molecular weight excluding hydrogens is 182 g/mol. The van der Waals surface area contributed by atoms with Crippen molar-refractivity contribution in [2.24, 2.45) is 11.5 Å². The van der Waals surface area contributed by atoms with Gasteiger partial charge in [0.15, 0.2) is 12.0 Å². The molecule has 1 aromatic heterocycles. The lowest BCUT2D eigenvalue weighted by atomic mass is 10.1. The summed E-state index contributed by atoms with van der Waals surface area (Å²) in [6.45, 7) is 0. The van der Waals surface area contributed by atoms with Crippen LogP contribution in [-0.2, 0) is 4.79 Å². The Hall–Kier alpha value is -1.88. The lowest BCUT2D eigenvalue weighted by Gasteiger charge is -2.06. The number of nitrogens with zero attached hydrogens (tertiary/aromatic N) is 1. The Kier molecular flexibility index (Phi) is 1.94. The highest BCUT2D eigenvalue weighted by atomic mass is 16.3. The molecule has 1 heterocycles. The van der Waals surface area contributed by atoms with E-state index < -0.39 is 11.9 Å². The SMILES string of the molecule is NC(=O)C(N)c1ccc2ncoc2c1. The maximum atomic E-state index is 10.8. The van der Waals surface area contributed by atoms with Crippen LogP contribution in [0.3, 0.4) is 0 Å². The first kappa shape index (κ1) is 8.71. The minimum atomic E-state index is -0.801. The van der Waals surface area contributed by atoms with E-state index in [4.69, 9.17) is 15.9 Å². The van der Waals surface area contributed by atoms with E-state index in [1.807, 2.05) is 0 Å². The monoisotopic (exact) mass is 191 g/mol. The number of aromatic nitrogens is 1. The second-order valence-corrected chi connectivity index (χ2v) is 2.96. The Bertz CT molecular complexity index is 478. The molecule has 0 saturated heterocycles. The van der Waals surface area contributed by atoms with Gasteiger partial charge in [-0.1, -0.05) is 6.07 Å². The van der Waals surface area contributed by atoms with E-state index in [2.05, 4.69) is 4.98 Å². The minimum absolute atomic E-state index is 0.566. The second kappa shape index (κ2) is 3.12. The Morgan fingerprint density at radius 1 is 1.50 bits per heavy atom. The molecule has 0 aliphatic heterocycles. The van der Waals surface area contributed by atoms with Crippen LogP contribution in [0.2, 0.25) is 0 Å². The molecule has 1 aromatic carbocycles. The molecule has 14 heavy (non-hydrogen) atoms. The van der Waals surface area contributed by atoms with Gasteiger partial charge in [0.2, 0.25) is 5.91 Å². The lowest BCUT2D eigenvalue weighted by molar-refractivity contribution is -0.119.